The maximum Gasteiger partial charge on any atom is 0.338 e. The summed E-state index contributed by atoms with van der Waals surface area (Å²) in [5.41, 5.74) is 2.51. The molecule has 9 nitrogen and oxygen atoms in total. The second kappa shape index (κ2) is 10.1. The van der Waals surface area contributed by atoms with E-state index in [0.717, 1.165) is 5.56 Å². The number of nitrogens with one attached hydrogen (secondary N) is 1. The molecular formula is C23H21Cl2N5O4. The molecule has 2 heterocycles. The zero-order chi connectivity index (χ0) is 24.2. The molecule has 4 rings (SSSR count). The standard InChI is InChI=1S/C23H21Cl2N5O4/c1-4-9-33-22(31)20-13(2)26-23-27-28-29-30(23)21(20)15-6-8-18(19(11-15)32-3)34-12-14-5-7-16(24)17(25)10-14/h4-8,10-11,21H,1,9,12H2,2-3H3,(H,26,27,29). The van der Waals surface area contributed by atoms with Gasteiger partial charge < -0.3 is 19.5 Å². The second-order valence-electron chi connectivity index (χ2n) is 7.35. The fraction of sp³-hybridized carbons (Fsp3) is 0.217. The summed E-state index contributed by atoms with van der Waals surface area (Å²) in [5.74, 6) is 0.888. The number of tetrazole rings is 1. The van der Waals surface area contributed by atoms with Gasteiger partial charge in [-0.2, -0.15) is 4.68 Å². The number of benzene rings is 2. The van der Waals surface area contributed by atoms with Crippen LogP contribution in [0.25, 0.3) is 0 Å². The first kappa shape index (κ1) is 23.6. The van der Waals surface area contributed by atoms with Crippen LogP contribution in [-0.4, -0.2) is 39.9 Å². The van der Waals surface area contributed by atoms with Gasteiger partial charge in [-0.3, -0.25) is 0 Å². The molecule has 0 spiro atoms. The Kier molecular flexibility index (Phi) is 7.04. The number of halogens is 2. The Labute approximate surface area is 205 Å². The molecule has 0 bridgehead atoms. The molecule has 34 heavy (non-hydrogen) atoms. The van der Waals surface area contributed by atoms with E-state index in [1.54, 1.807) is 31.2 Å². The van der Waals surface area contributed by atoms with Crippen LogP contribution in [0.4, 0.5) is 5.95 Å². The van der Waals surface area contributed by atoms with Gasteiger partial charge in [0.25, 0.3) is 0 Å². The van der Waals surface area contributed by atoms with Crippen LogP contribution in [0, 0.1) is 0 Å². The third kappa shape index (κ3) is 4.71. The lowest BCUT2D eigenvalue weighted by Crippen LogP contribution is -2.29. The van der Waals surface area contributed by atoms with Crippen LogP contribution in [0.1, 0.15) is 24.1 Å². The van der Waals surface area contributed by atoms with E-state index in [9.17, 15) is 4.79 Å². The van der Waals surface area contributed by atoms with Crippen molar-refractivity contribution in [2.45, 2.75) is 19.6 Å². The summed E-state index contributed by atoms with van der Waals surface area (Å²) in [4.78, 5) is 12.9. The first-order valence-corrected chi connectivity index (χ1v) is 11.0. The van der Waals surface area contributed by atoms with Crippen molar-refractivity contribution in [3.63, 3.8) is 0 Å². The van der Waals surface area contributed by atoms with E-state index in [0.29, 0.717) is 44.3 Å². The van der Waals surface area contributed by atoms with Crippen molar-refractivity contribution in [2.24, 2.45) is 0 Å². The molecule has 1 N–H and O–H groups in total. The van der Waals surface area contributed by atoms with E-state index in [2.05, 4.69) is 27.4 Å². The summed E-state index contributed by atoms with van der Waals surface area (Å²) >= 11 is 12.1. The molecule has 3 aromatic rings. The van der Waals surface area contributed by atoms with Gasteiger partial charge in [-0.05, 0) is 52.7 Å². The molecule has 1 unspecified atom stereocenters. The SMILES string of the molecule is C=CCOC(=O)C1=C(C)Nc2nnnn2C1c1ccc(OCc2ccc(Cl)c(Cl)c2)c(OC)c1. The Morgan fingerprint density at radius 2 is 2.03 bits per heavy atom. The number of carbonyl (C=O) groups excluding carboxylic acids is 1. The summed E-state index contributed by atoms with van der Waals surface area (Å²) in [5, 5.41) is 15.8. The molecular weight excluding hydrogens is 481 g/mol. The monoisotopic (exact) mass is 501 g/mol. The largest absolute Gasteiger partial charge is 0.493 e. The zero-order valence-corrected chi connectivity index (χ0v) is 19.9. The number of esters is 1. The molecule has 0 aliphatic carbocycles. The van der Waals surface area contributed by atoms with Crippen molar-refractivity contribution in [2.75, 3.05) is 19.0 Å². The molecule has 0 saturated carbocycles. The third-order valence-electron chi connectivity index (χ3n) is 5.15. The summed E-state index contributed by atoms with van der Waals surface area (Å²) < 4.78 is 18.4. The van der Waals surface area contributed by atoms with Gasteiger partial charge in [0.05, 0.1) is 22.7 Å². The van der Waals surface area contributed by atoms with Crippen LogP contribution in [0.15, 0.2) is 60.3 Å². The van der Waals surface area contributed by atoms with Crippen molar-refractivity contribution >= 4 is 35.1 Å². The third-order valence-corrected chi connectivity index (χ3v) is 5.89. The second-order valence-corrected chi connectivity index (χ2v) is 8.16. The number of hydrogen-bond donors (Lipinski definition) is 1. The lowest BCUT2D eigenvalue weighted by Gasteiger charge is -2.27. The fourth-order valence-corrected chi connectivity index (χ4v) is 3.88. The molecule has 1 atom stereocenters. The van der Waals surface area contributed by atoms with Crippen molar-refractivity contribution < 1.29 is 19.0 Å². The van der Waals surface area contributed by atoms with E-state index < -0.39 is 12.0 Å². The lowest BCUT2D eigenvalue weighted by molar-refractivity contribution is -0.138. The molecule has 1 aliphatic heterocycles. The van der Waals surface area contributed by atoms with E-state index in [1.165, 1.54) is 17.9 Å². The highest BCUT2D eigenvalue weighted by Gasteiger charge is 2.35. The molecule has 0 radical (unpaired) electrons. The van der Waals surface area contributed by atoms with Gasteiger partial charge >= 0.3 is 5.97 Å². The van der Waals surface area contributed by atoms with Gasteiger partial charge in [0.1, 0.15) is 19.3 Å². The van der Waals surface area contributed by atoms with Gasteiger partial charge in [-0.1, -0.05) is 53.1 Å². The summed E-state index contributed by atoms with van der Waals surface area (Å²) in [6.07, 6.45) is 1.50. The Hall–Kier alpha value is -3.56. The van der Waals surface area contributed by atoms with Crippen LogP contribution in [0.2, 0.25) is 10.0 Å². The maximum absolute atomic E-state index is 12.9. The van der Waals surface area contributed by atoms with Crippen LogP contribution < -0.4 is 14.8 Å². The van der Waals surface area contributed by atoms with Crippen molar-refractivity contribution in [1.82, 2.24) is 20.2 Å². The minimum Gasteiger partial charge on any atom is -0.493 e. The number of carbonyl (C=O) groups is 1. The van der Waals surface area contributed by atoms with Gasteiger partial charge in [0.2, 0.25) is 5.95 Å². The van der Waals surface area contributed by atoms with Crippen LogP contribution >= 0.6 is 23.2 Å². The highest BCUT2D eigenvalue weighted by molar-refractivity contribution is 6.42. The first-order chi connectivity index (χ1) is 16.4. The number of anilines is 1. The summed E-state index contributed by atoms with van der Waals surface area (Å²) in [6.45, 7) is 5.70. The molecule has 2 aromatic carbocycles. The van der Waals surface area contributed by atoms with Gasteiger partial charge in [0.15, 0.2) is 11.5 Å². The minimum atomic E-state index is -0.637. The van der Waals surface area contributed by atoms with Crippen LogP contribution in [-0.2, 0) is 16.1 Å². The van der Waals surface area contributed by atoms with Crippen LogP contribution in [0.5, 0.6) is 11.5 Å². The van der Waals surface area contributed by atoms with E-state index >= 15 is 0 Å². The Bertz CT molecular complexity index is 1270. The first-order valence-electron chi connectivity index (χ1n) is 10.2. The van der Waals surface area contributed by atoms with Crippen molar-refractivity contribution in [1.29, 1.82) is 0 Å². The van der Waals surface area contributed by atoms with E-state index in [4.69, 9.17) is 37.4 Å². The average Bonchev–Trinajstić information content (AvgIpc) is 3.30. The average molecular weight is 502 g/mol. The molecule has 11 heteroatoms. The number of allylic oxidation sites excluding steroid dienone is 1. The van der Waals surface area contributed by atoms with Gasteiger partial charge in [0, 0.05) is 5.70 Å². The minimum absolute atomic E-state index is 0.0790. The summed E-state index contributed by atoms with van der Waals surface area (Å²) in [7, 11) is 1.54. The highest BCUT2D eigenvalue weighted by atomic mass is 35.5. The van der Waals surface area contributed by atoms with Crippen molar-refractivity contribution in [3.8, 4) is 11.5 Å². The summed E-state index contributed by atoms with van der Waals surface area (Å²) in [6, 6.07) is 10.0. The van der Waals surface area contributed by atoms with Crippen molar-refractivity contribution in [3.05, 3.63) is 81.5 Å². The lowest BCUT2D eigenvalue weighted by atomic mass is 9.95. The topological polar surface area (TPSA) is 100 Å². The number of ether oxygens (including phenoxy) is 3. The number of rotatable bonds is 8. The number of hydrogen-bond acceptors (Lipinski definition) is 8. The quantitative estimate of drug-likeness (QED) is 0.353. The molecule has 0 amide bonds. The predicted octanol–water partition coefficient (Wildman–Crippen LogP) is 4.59. The highest BCUT2D eigenvalue weighted by Crippen LogP contribution is 2.39. The Balaban J connectivity index is 1.66. The molecule has 0 fully saturated rings. The normalized spacial score (nSPS) is 14.8. The molecule has 1 aromatic heterocycles. The molecule has 0 saturated heterocycles. The Morgan fingerprint density at radius 1 is 1.21 bits per heavy atom. The zero-order valence-electron chi connectivity index (χ0n) is 18.4. The fourth-order valence-electron chi connectivity index (χ4n) is 3.56. The van der Waals surface area contributed by atoms with Gasteiger partial charge in [-0.25, -0.2) is 4.79 Å². The van der Waals surface area contributed by atoms with E-state index in [-0.39, 0.29) is 13.2 Å². The van der Waals surface area contributed by atoms with Gasteiger partial charge in [-0.15, -0.1) is 0 Å². The smallest absolute Gasteiger partial charge is 0.338 e. The molecule has 1 aliphatic rings. The van der Waals surface area contributed by atoms with E-state index in [1.807, 2.05) is 12.1 Å². The van der Waals surface area contributed by atoms with Crippen LogP contribution in [0.3, 0.4) is 0 Å². The number of methoxy groups -OCH3 is 1. The molecule has 176 valence electrons. The number of fused-ring (bicyclic) bond motifs is 1. The maximum atomic E-state index is 12.9. The predicted molar refractivity (Wildman–Crippen MR) is 127 cm³/mol. The Morgan fingerprint density at radius 3 is 2.76 bits per heavy atom. The number of nitrogens with zero attached hydrogens (tertiary/aromatic N) is 4. The number of aromatic nitrogens is 4.